The smallest absolute Gasteiger partial charge is 0.417 e. The minimum atomic E-state index is -4.78. The van der Waals surface area contributed by atoms with Crippen molar-refractivity contribution in [3.63, 3.8) is 0 Å². The topological polar surface area (TPSA) is 90.9 Å². The number of ether oxygens (including phenoxy) is 2. The number of nitriles is 1. The van der Waals surface area contributed by atoms with E-state index in [1.807, 2.05) is 7.05 Å². The number of nitrogens with zero attached hydrogens (tertiary/aromatic N) is 5. The van der Waals surface area contributed by atoms with Crippen LogP contribution in [-0.4, -0.2) is 73.7 Å². The Hall–Kier alpha value is -3.14. The van der Waals surface area contributed by atoms with E-state index in [0.29, 0.717) is 49.9 Å². The first-order valence-corrected chi connectivity index (χ1v) is 13.9. The Morgan fingerprint density at radius 1 is 1.17 bits per heavy atom. The zero-order valence-electron chi connectivity index (χ0n) is 23.6. The van der Waals surface area contributed by atoms with Crippen molar-refractivity contribution in [2.24, 2.45) is 0 Å². The fraction of sp³-hybridized carbons (Fsp3) is 0.586. The number of fused-ring (bicyclic) bond motifs is 1. The minimum absolute atomic E-state index is 0.00104. The number of rotatable bonds is 6. The second-order valence-corrected chi connectivity index (χ2v) is 11.3. The van der Waals surface area contributed by atoms with E-state index >= 15 is 4.39 Å². The van der Waals surface area contributed by atoms with E-state index in [9.17, 15) is 18.4 Å². The second kappa shape index (κ2) is 11.6. The SMILES string of the molecule is Cc1cc(N)c(F)c(C2Cc3cc(OC[C@@H]4CCCN4C)nc(N4CCN(C)[C@@H](CC#N)C4)c3CO2)c1C(F)(F)F. The van der Waals surface area contributed by atoms with Gasteiger partial charge < -0.3 is 25.0 Å². The number of piperazine rings is 1. The molecule has 4 heterocycles. The first-order chi connectivity index (χ1) is 19.5. The normalized spacial score (nSPS) is 23.9. The molecule has 2 N–H and O–H groups in total. The van der Waals surface area contributed by atoms with Gasteiger partial charge in [0.1, 0.15) is 12.4 Å². The number of benzene rings is 1. The number of nitrogen functional groups attached to an aromatic ring is 1. The zero-order chi connectivity index (χ0) is 29.5. The molecule has 0 saturated carbocycles. The highest BCUT2D eigenvalue weighted by Gasteiger charge is 2.41. The molecule has 5 rings (SSSR count). The van der Waals surface area contributed by atoms with Crippen molar-refractivity contribution >= 4 is 11.5 Å². The molecule has 2 saturated heterocycles. The van der Waals surface area contributed by atoms with Crippen LogP contribution in [0.15, 0.2) is 12.1 Å². The van der Waals surface area contributed by atoms with Gasteiger partial charge in [0.25, 0.3) is 0 Å². The molecule has 0 amide bonds. The van der Waals surface area contributed by atoms with Crippen LogP contribution in [0.25, 0.3) is 0 Å². The van der Waals surface area contributed by atoms with Gasteiger partial charge in [0.2, 0.25) is 5.88 Å². The molecule has 0 aliphatic carbocycles. The van der Waals surface area contributed by atoms with Crippen molar-refractivity contribution in [1.29, 1.82) is 5.26 Å². The molecular formula is C29H36F4N6O2. The summed E-state index contributed by atoms with van der Waals surface area (Å²) in [6, 6.07) is 5.25. The first kappa shape index (κ1) is 29.4. The average Bonchev–Trinajstić information content (AvgIpc) is 3.33. The molecule has 2 fully saturated rings. The van der Waals surface area contributed by atoms with E-state index in [4.69, 9.17) is 20.2 Å². The number of aryl methyl sites for hydroxylation is 1. The molecule has 0 spiro atoms. The van der Waals surface area contributed by atoms with E-state index < -0.39 is 29.2 Å². The largest absolute Gasteiger partial charge is 0.476 e. The third-order valence-corrected chi connectivity index (χ3v) is 8.64. The molecule has 3 aliphatic heterocycles. The van der Waals surface area contributed by atoms with Crippen LogP contribution in [0.2, 0.25) is 0 Å². The van der Waals surface area contributed by atoms with Crippen LogP contribution in [-0.2, 0) is 23.9 Å². The number of likely N-dealkylation sites (N-methyl/N-ethyl adjacent to an activating group) is 2. The second-order valence-electron chi connectivity index (χ2n) is 11.3. The van der Waals surface area contributed by atoms with Gasteiger partial charge in [-0.05, 0) is 57.6 Å². The molecule has 1 unspecified atom stereocenters. The summed E-state index contributed by atoms with van der Waals surface area (Å²) in [7, 11) is 4.03. The van der Waals surface area contributed by atoms with Crippen LogP contribution >= 0.6 is 0 Å². The number of likely N-dealkylation sites (tertiary alicyclic amines) is 1. The Morgan fingerprint density at radius 2 is 1.93 bits per heavy atom. The number of anilines is 2. The summed E-state index contributed by atoms with van der Waals surface area (Å²) in [6.45, 7) is 4.58. The minimum Gasteiger partial charge on any atom is -0.476 e. The van der Waals surface area contributed by atoms with Crippen molar-refractivity contribution in [3.8, 4) is 11.9 Å². The number of hydrogen-bond donors (Lipinski definition) is 1. The molecule has 3 aliphatic rings. The lowest BCUT2D eigenvalue weighted by Crippen LogP contribution is -2.52. The summed E-state index contributed by atoms with van der Waals surface area (Å²) in [5.41, 5.74) is 5.10. The fourth-order valence-corrected chi connectivity index (χ4v) is 6.25. The zero-order valence-corrected chi connectivity index (χ0v) is 23.6. The van der Waals surface area contributed by atoms with Crippen molar-refractivity contribution in [2.75, 3.05) is 57.5 Å². The lowest BCUT2D eigenvalue weighted by molar-refractivity contribution is -0.140. The highest BCUT2D eigenvalue weighted by Crippen LogP contribution is 2.45. The lowest BCUT2D eigenvalue weighted by Gasteiger charge is -2.41. The van der Waals surface area contributed by atoms with Crippen LogP contribution in [0.3, 0.4) is 0 Å². The first-order valence-electron chi connectivity index (χ1n) is 13.9. The molecule has 222 valence electrons. The monoisotopic (exact) mass is 576 g/mol. The summed E-state index contributed by atoms with van der Waals surface area (Å²) in [6.07, 6.45) is -3.52. The quantitative estimate of drug-likeness (QED) is 0.399. The molecular weight excluding hydrogens is 540 g/mol. The Bertz CT molecular complexity index is 1330. The van der Waals surface area contributed by atoms with Crippen molar-refractivity contribution in [1.82, 2.24) is 14.8 Å². The van der Waals surface area contributed by atoms with E-state index in [0.717, 1.165) is 31.0 Å². The number of alkyl halides is 3. The van der Waals surface area contributed by atoms with Gasteiger partial charge in [0.05, 0.1) is 36.5 Å². The summed E-state index contributed by atoms with van der Waals surface area (Å²) in [5, 5.41) is 9.33. The highest BCUT2D eigenvalue weighted by atomic mass is 19.4. The van der Waals surface area contributed by atoms with Crippen molar-refractivity contribution in [3.05, 3.63) is 45.8 Å². The molecule has 1 aromatic carbocycles. The van der Waals surface area contributed by atoms with Gasteiger partial charge in [-0.1, -0.05) is 0 Å². The van der Waals surface area contributed by atoms with Crippen LogP contribution in [0.5, 0.6) is 5.88 Å². The van der Waals surface area contributed by atoms with Crippen LogP contribution < -0.4 is 15.4 Å². The standard InChI is InChI=1S/C29H36F4N6O2/c1-17-11-22(35)27(30)25(26(17)29(31,32)33)23-12-18-13-24(41-15-20-5-4-8-37(20)2)36-28(21(18)16-40-23)39-10-9-38(3)19(14-39)6-7-34/h11,13,19-20,23H,4-6,8-10,12,14-16,35H2,1-3H3/t19-,20-,23?/m0/s1. The summed E-state index contributed by atoms with van der Waals surface area (Å²) in [5.74, 6) is -0.104. The van der Waals surface area contributed by atoms with Crippen LogP contribution in [0.4, 0.5) is 29.1 Å². The summed E-state index contributed by atoms with van der Waals surface area (Å²) < 4.78 is 69.8. The van der Waals surface area contributed by atoms with Gasteiger partial charge in [0.15, 0.2) is 5.82 Å². The van der Waals surface area contributed by atoms with Gasteiger partial charge in [-0.3, -0.25) is 4.90 Å². The Labute approximate surface area is 237 Å². The lowest BCUT2D eigenvalue weighted by atomic mass is 9.89. The van der Waals surface area contributed by atoms with Gasteiger partial charge in [0, 0.05) is 55.3 Å². The van der Waals surface area contributed by atoms with E-state index in [2.05, 4.69) is 27.8 Å². The van der Waals surface area contributed by atoms with Crippen molar-refractivity contribution in [2.45, 2.75) is 63.6 Å². The number of halogens is 4. The average molecular weight is 577 g/mol. The third-order valence-electron chi connectivity index (χ3n) is 8.64. The van der Waals surface area contributed by atoms with E-state index in [-0.39, 0.29) is 36.4 Å². The molecule has 0 radical (unpaired) electrons. The van der Waals surface area contributed by atoms with Gasteiger partial charge >= 0.3 is 6.18 Å². The Balaban J connectivity index is 1.52. The predicted octanol–water partition coefficient (Wildman–Crippen LogP) is 4.45. The van der Waals surface area contributed by atoms with Gasteiger partial charge in [-0.15, -0.1) is 0 Å². The maximum atomic E-state index is 15.3. The third kappa shape index (κ3) is 5.94. The van der Waals surface area contributed by atoms with E-state index in [1.165, 1.54) is 6.92 Å². The Morgan fingerprint density at radius 3 is 2.61 bits per heavy atom. The molecule has 2 aromatic rings. The number of aromatic nitrogens is 1. The molecule has 12 heteroatoms. The summed E-state index contributed by atoms with van der Waals surface area (Å²) >= 11 is 0. The van der Waals surface area contributed by atoms with Crippen molar-refractivity contribution < 1.29 is 27.0 Å². The van der Waals surface area contributed by atoms with E-state index in [1.54, 1.807) is 6.07 Å². The fourth-order valence-electron chi connectivity index (χ4n) is 6.25. The van der Waals surface area contributed by atoms with Crippen LogP contribution in [0, 0.1) is 24.1 Å². The number of nitrogens with two attached hydrogens (primary N) is 1. The predicted molar refractivity (Wildman–Crippen MR) is 146 cm³/mol. The molecule has 8 nitrogen and oxygen atoms in total. The number of hydrogen-bond acceptors (Lipinski definition) is 8. The highest BCUT2D eigenvalue weighted by molar-refractivity contribution is 5.57. The maximum absolute atomic E-state index is 15.3. The van der Waals surface area contributed by atoms with Gasteiger partial charge in [-0.2, -0.15) is 23.4 Å². The molecule has 1 aromatic heterocycles. The maximum Gasteiger partial charge on any atom is 0.417 e. The molecule has 41 heavy (non-hydrogen) atoms. The Kier molecular flexibility index (Phi) is 8.32. The molecule has 0 bridgehead atoms. The summed E-state index contributed by atoms with van der Waals surface area (Å²) in [4.78, 5) is 11.3. The molecule has 3 atom stereocenters. The number of pyridine rings is 1. The van der Waals surface area contributed by atoms with Crippen LogP contribution in [0.1, 0.15) is 53.2 Å². The van der Waals surface area contributed by atoms with Gasteiger partial charge in [-0.25, -0.2) is 4.39 Å².